The predicted octanol–water partition coefficient (Wildman–Crippen LogP) is 3.03. The maximum absolute atomic E-state index is 12.0. The van der Waals surface area contributed by atoms with Crippen molar-refractivity contribution in [2.75, 3.05) is 19.0 Å². The smallest absolute Gasteiger partial charge is 0.251 e. The van der Waals surface area contributed by atoms with E-state index in [4.69, 9.17) is 16.3 Å². The van der Waals surface area contributed by atoms with Crippen LogP contribution >= 0.6 is 11.6 Å². The second-order valence-corrected chi connectivity index (χ2v) is 5.31. The summed E-state index contributed by atoms with van der Waals surface area (Å²) in [6, 6.07) is 12.1. The van der Waals surface area contributed by atoms with Gasteiger partial charge in [0.2, 0.25) is 5.91 Å². The highest BCUT2D eigenvalue weighted by Crippen LogP contribution is 2.30. The van der Waals surface area contributed by atoms with Crippen LogP contribution in [0.25, 0.3) is 0 Å². The first-order valence-corrected chi connectivity index (χ1v) is 7.36. The van der Waals surface area contributed by atoms with E-state index in [-0.39, 0.29) is 18.4 Å². The number of carbonyl (C=O) groups excluding carboxylic acids is 2. The molecule has 0 fully saturated rings. The van der Waals surface area contributed by atoms with Crippen LogP contribution in [0.1, 0.15) is 15.9 Å². The van der Waals surface area contributed by atoms with Crippen LogP contribution in [-0.2, 0) is 4.79 Å². The van der Waals surface area contributed by atoms with Gasteiger partial charge in [-0.3, -0.25) is 9.59 Å². The number of halogens is 1. The van der Waals surface area contributed by atoms with Crippen molar-refractivity contribution in [1.29, 1.82) is 0 Å². The van der Waals surface area contributed by atoms with Gasteiger partial charge in [-0.25, -0.2) is 0 Å². The molecule has 2 amide bonds. The lowest BCUT2D eigenvalue weighted by atomic mass is 10.2. The number of carbonyl (C=O) groups is 2. The summed E-state index contributed by atoms with van der Waals surface area (Å²) < 4.78 is 5.19. The van der Waals surface area contributed by atoms with E-state index >= 15 is 0 Å². The lowest BCUT2D eigenvalue weighted by Gasteiger charge is -2.12. The first kappa shape index (κ1) is 16.8. The Balaban J connectivity index is 1.98. The molecule has 2 rings (SSSR count). The minimum absolute atomic E-state index is 0.140. The van der Waals surface area contributed by atoms with Crippen molar-refractivity contribution in [3.63, 3.8) is 0 Å². The van der Waals surface area contributed by atoms with Crippen molar-refractivity contribution in [2.45, 2.75) is 6.92 Å². The fourth-order valence-corrected chi connectivity index (χ4v) is 2.13. The summed E-state index contributed by atoms with van der Waals surface area (Å²) in [5.74, 6) is -0.197. The molecule has 0 aliphatic rings. The van der Waals surface area contributed by atoms with E-state index in [2.05, 4.69) is 10.6 Å². The van der Waals surface area contributed by atoms with Crippen LogP contribution in [0, 0.1) is 6.92 Å². The van der Waals surface area contributed by atoms with Crippen LogP contribution in [0.3, 0.4) is 0 Å². The number of hydrogen-bond acceptors (Lipinski definition) is 3. The number of amides is 2. The summed E-state index contributed by atoms with van der Waals surface area (Å²) in [5.41, 5.74) is 1.82. The highest BCUT2D eigenvalue weighted by atomic mass is 35.5. The standard InChI is InChI=1S/C17H17ClN2O3/c1-11-8-14(15(23-2)9-13(11)18)20-16(21)10-19-17(22)12-6-4-3-5-7-12/h3-9H,10H2,1-2H3,(H,19,22)(H,20,21). The number of hydrogen-bond donors (Lipinski definition) is 2. The number of nitrogens with one attached hydrogen (secondary N) is 2. The predicted molar refractivity (Wildman–Crippen MR) is 90.1 cm³/mol. The molecule has 0 spiro atoms. The molecule has 0 bridgehead atoms. The van der Waals surface area contributed by atoms with Gasteiger partial charge in [0.25, 0.3) is 5.91 Å². The van der Waals surface area contributed by atoms with Gasteiger partial charge >= 0.3 is 0 Å². The van der Waals surface area contributed by atoms with Gasteiger partial charge in [0, 0.05) is 16.7 Å². The number of aryl methyl sites for hydroxylation is 1. The summed E-state index contributed by atoms with van der Waals surface area (Å²) in [4.78, 5) is 23.9. The zero-order chi connectivity index (χ0) is 16.8. The fraction of sp³-hybridized carbons (Fsp3) is 0.176. The Kier molecular flexibility index (Phi) is 5.60. The molecule has 2 N–H and O–H groups in total. The van der Waals surface area contributed by atoms with Gasteiger partial charge < -0.3 is 15.4 Å². The highest BCUT2D eigenvalue weighted by molar-refractivity contribution is 6.31. The van der Waals surface area contributed by atoms with Crippen molar-refractivity contribution in [3.05, 3.63) is 58.6 Å². The average Bonchev–Trinajstić information content (AvgIpc) is 2.56. The summed E-state index contributed by atoms with van der Waals surface area (Å²) in [7, 11) is 1.49. The third-order valence-electron chi connectivity index (χ3n) is 3.20. The van der Waals surface area contributed by atoms with Crippen LogP contribution in [0.4, 0.5) is 5.69 Å². The number of ether oxygens (including phenoxy) is 1. The van der Waals surface area contributed by atoms with Gasteiger partial charge in [-0.15, -0.1) is 0 Å². The molecule has 0 unspecified atom stereocenters. The quantitative estimate of drug-likeness (QED) is 0.884. The molecule has 6 heteroatoms. The fourth-order valence-electron chi connectivity index (χ4n) is 1.98. The van der Waals surface area contributed by atoms with Gasteiger partial charge in [0.1, 0.15) is 5.75 Å². The van der Waals surface area contributed by atoms with E-state index < -0.39 is 0 Å². The molecule has 0 aliphatic carbocycles. The van der Waals surface area contributed by atoms with Gasteiger partial charge in [-0.2, -0.15) is 0 Å². The van der Waals surface area contributed by atoms with E-state index in [0.717, 1.165) is 5.56 Å². The number of benzene rings is 2. The number of rotatable bonds is 5. The summed E-state index contributed by atoms with van der Waals surface area (Å²) in [6.45, 7) is 1.69. The SMILES string of the molecule is COc1cc(Cl)c(C)cc1NC(=O)CNC(=O)c1ccccc1. The molecular formula is C17H17ClN2O3. The largest absolute Gasteiger partial charge is 0.495 e. The molecule has 0 aromatic heterocycles. The maximum atomic E-state index is 12.0. The molecule has 0 aliphatic heterocycles. The Hall–Kier alpha value is -2.53. The van der Waals surface area contributed by atoms with E-state index in [1.165, 1.54) is 7.11 Å². The van der Waals surface area contributed by atoms with E-state index in [9.17, 15) is 9.59 Å². The lowest BCUT2D eigenvalue weighted by Crippen LogP contribution is -2.32. The molecule has 0 heterocycles. The molecule has 23 heavy (non-hydrogen) atoms. The normalized spacial score (nSPS) is 10.0. The first-order valence-electron chi connectivity index (χ1n) is 6.98. The number of anilines is 1. The minimum atomic E-state index is -0.352. The maximum Gasteiger partial charge on any atom is 0.251 e. The van der Waals surface area contributed by atoms with Crippen molar-refractivity contribution in [1.82, 2.24) is 5.32 Å². The first-order chi connectivity index (χ1) is 11.0. The molecule has 0 saturated heterocycles. The van der Waals surface area contributed by atoms with Crippen LogP contribution in [0.5, 0.6) is 5.75 Å². The molecule has 120 valence electrons. The van der Waals surface area contributed by atoms with Gasteiger partial charge in [-0.1, -0.05) is 29.8 Å². The van der Waals surface area contributed by atoms with Crippen molar-refractivity contribution >= 4 is 29.1 Å². The Morgan fingerprint density at radius 1 is 1.17 bits per heavy atom. The van der Waals surface area contributed by atoms with Gasteiger partial charge in [0.15, 0.2) is 0 Å². The monoisotopic (exact) mass is 332 g/mol. The second-order valence-electron chi connectivity index (χ2n) is 4.90. The third kappa shape index (κ3) is 4.47. The second kappa shape index (κ2) is 7.65. The summed E-state index contributed by atoms with van der Waals surface area (Å²) in [5, 5.41) is 5.82. The van der Waals surface area contributed by atoms with E-state index in [1.807, 2.05) is 13.0 Å². The van der Waals surface area contributed by atoms with E-state index in [1.54, 1.807) is 36.4 Å². The molecule has 2 aromatic carbocycles. The van der Waals surface area contributed by atoms with Crippen LogP contribution < -0.4 is 15.4 Å². The summed E-state index contributed by atoms with van der Waals surface area (Å²) in [6.07, 6.45) is 0. The van der Waals surface area contributed by atoms with Crippen molar-refractivity contribution < 1.29 is 14.3 Å². The van der Waals surface area contributed by atoms with Crippen LogP contribution in [0.2, 0.25) is 5.02 Å². The zero-order valence-electron chi connectivity index (χ0n) is 12.9. The topological polar surface area (TPSA) is 67.4 Å². The number of methoxy groups -OCH3 is 1. The molecule has 0 saturated carbocycles. The molecule has 5 nitrogen and oxygen atoms in total. The van der Waals surface area contributed by atoms with Gasteiger partial charge in [-0.05, 0) is 30.7 Å². The average molecular weight is 333 g/mol. The van der Waals surface area contributed by atoms with Crippen molar-refractivity contribution in [2.24, 2.45) is 0 Å². The Labute approximate surface area is 139 Å². The Bertz CT molecular complexity index is 717. The molecule has 0 atom stereocenters. The zero-order valence-corrected chi connectivity index (χ0v) is 13.6. The minimum Gasteiger partial charge on any atom is -0.495 e. The van der Waals surface area contributed by atoms with Crippen LogP contribution in [-0.4, -0.2) is 25.5 Å². The third-order valence-corrected chi connectivity index (χ3v) is 3.61. The van der Waals surface area contributed by atoms with Crippen molar-refractivity contribution in [3.8, 4) is 5.75 Å². The molecule has 2 aromatic rings. The Morgan fingerprint density at radius 2 is 1.87 bits per heavy atom. The van der Waals surface area contributed by atoms with E-state index in [0.29, 0.717) is 22.0 Å². The molecule has 0 radical (unpaired) electrons. The lowest BCUT2D eigenvalue weighted by molar-refractivity contribution is -0.115. The highest BCUT2D eigenvalue weighted by Gasteiger charge is 2.12. The summed E-state index contributed by atoms with van der Waals surface area (Å²) >= 11 is 6.02. The van der Waals surface area contributed by atoms with Crippen LogP contribution in [0.15, 0.2) is 42.5 Å². The Morgan fingerprint density at radius 3 is 2.52 bits per heavy atom. The molecular weight excluding hydrogens is 316 g/mol. The van der Waals surface area contributed by atoms with Gasteiger partial charge in [0.05, 0.1) is 19.3 Å².